The SMILES string of the molecule is CCCC[C@H]1C(=O)N(C)[C@@H](CCCC)C(=O)N[C@@H](CC(C)C)C(=O)N[C@H](C(=O)NCC(N)=O)CCCNCC(=O)N[C@@H](Cc2ccc(O)cc2)C(=O)N(C)[C@@H](C)C(=O)N[C@@H](CC(N)=O)C(=O)N2CCC[C@H]2C(=O)N[C@@H](Cc2cnc[nH]2)C(=O)N[C@@H](CC(C)C)C(=O)N2C[C@H](O)C[C@H]2C(=O)N[C@@H](Cc2c[nH]c3ccccc23)C(=O)NCC(=O)N[C@@H](Cc2c[nH]c3ccccc23)C(=O)N1C. The molecule has 0 unspecified atom stereocenters. The Morgan fingerprint density at radius 1 is 0.519 bits per heavy atom. The number of para-hydroxylation sites is 2. The third-order valence-electron chi connectivity index (χ3n) is 24.3. The van der Waals surface area contributed by atoms with Crippen LogP contribution in [0.4, 0.5) is 0 Å². The lowest BCUT2D eigenvalue weighted by Crippen LogP contribution is -2.60. The highest BCUT2D eigenvalue weighted by atomic mass is 16.3. The second-order valence-electron chi connectivity index (χ2n) is 35.5. The Balaban J connectivity index is 1.06. The number of phenolic OH excluding ortho intramolecular Hbond substituents is 1. The predicted octanol–water partition coefficient (Wildman–Crippen LogP) is -0.870. The van der Waals surface area contributed by atoms with Crippen LogP contribution in [0.3, 0.4) is 0 Å². The molecule has 0 aliphatic carbocycles. The highest BCUT2D eigenvalue weighted by Crippen LogP contribution is 2.28. The van der Waals surface area contributed by atoms with E-state index in [1.807, 2.05) is 32.0 Å². The fraction of sp³-hybridized carbons (Fsp3) is 0.543. The van der Waals surface area contributed by atoms with Crippen LogP contribution in [0.2, 0.25) is 0 Å². The van der Waals surface area contributed by atoms with Crippen LogP contribution in [-0.2, 0) is 107 Å². The number of rotatable bonds is 23. The van der Waals surface area contributed by atoms with Crippen LogP contribution in [0.25, 0.3) is 21.8 Å². The molecule has 20 N–H and O–H groups in total. The minimum absolute atomic E-state index is 0.00854. The Morgan fingerprint density at radius 3 is 1.65 bits per heavy atom. The minimum Gasteiger partial charge on any atom is -0.508 e. The average Bonchev–Trinajstić information content (AvgIpc) is 1.69. The third-order valence-corrected chi connectivity index (χ3v) is 24.3. The van der Waals surface area contributed by atoms with Gasteiger partial charge in [0.2, 0.25) is 100 Å². The summed E-state index contributed by atoms with van der Waals surface area (Å²) in [5.41, 5.74) is 14.5. The van der Waals surface area contributed by atoms with Crippen LogP contribution < -0.4 is 70.0 Å². The summed E-state index contributed by atoms with van der Waals surface area (Å²) < 4.78 is 0. The van der Waals surface area contributed by atoms with Crippen LogP contribution in [0.1, 0.15) is 161 Å². The fourth-order valence-corrected chi connectivity index (χ4v) is 17.0. The summed E-state index contributed by atoms with van der Waals surface area (Å²) in [7, 11) is 4.08. The van der Waals surface area contributed by atoms with Crippen molar-refractivity contribution in [2.75, 3.05) is 60.4 Å². The number of carbonyl (C=O) groups excluding carboxylic acids is 17. The quantitative estimate of drug-likeness (QED) is 0.0371. The molecule has 0 spiro atoms. The van der Waals surface area contributed by atoms with Crippen molar-refractivity contribution >= 4 is 122 Å². The standard InChI is InChI=1S/C92H130N22O19/c1-11-13-26-72-85(126)105-65(35-51(3)4)83(124)104-64(81(122)99-46-77(94)118)25-19-33-95-47-78(119)102-69(37-54-29-31-58(115)32-30-54)88(129)110(8)53(7)80(121)108-71(42-76(93)117)90(131)113-34-20-28-73(113)86(127)107-67(40-57-45-96-50-101-57)84(125)109-68(36-52(5)6)91(132)114-49-59(116)41-75(114)87(128)106-66(38-55-43-97-62-23-17-15-21-60(55)62)82(123)100-48-79(120)103-70(39-56-44-98-63-24-18-16-22-61(56)63)89(130)112(10)74(27-14-12-2)92(133)111(72)9/h15-18,21-24,29-32,43-45,50-53,59,64-75,95,97-98,115-116H,11-14,19-20,25-28,33-42,46-49H2,1-10H3,(H2,93,117)(H2,94,118)(H,96,101)(H,99,122)(H,100,123)(H,102,119)(H,103,120)(H,104,124)(H,105,126)(H,106,128)(H,107,127)(H,108,121)(H,109,125)/t53-,59+,64-,65-,66-,67-,68-,69-,70-,71-,72-,73-,74-,75-/m0/s1. The van der Waals surface area contributed by atoms with E-state index in [9.17, 15) is 58.2 Å². The molecule has 3 aliphatic heterocycles. The first-order chi connectivity index (χ1) is 63.3. The molecule has 3 fully saturated rings. The third kappa shape index (κ3) is 29.1. The van der Waals surface area contributed by atoms with E-state index >= 15 is 33.6 Å². The predicted molar refractivity (Wildman–Crippen MR) is 489 cm³/mol. The number of aromatic nitrogens is 4. The Morgan fingerprint density at radius 2 is 1.05 bits per heavy atom. The minimum atomic E-state index is -1.74. The molecular weight excluding hydrogens is 1720 g/mol. The molecule has 3 aromatic carbocycles. The number of benzene rings is 3. The number of carbonyl (C=O) groups is 17. The van der Waals surface area contributed by atoms with Crippen molar-refractivity contribution in [3.8, 4) is 5.75 Å². The lowest BCUT2D eigenvalue weighted by Gasteiger charge is -2.36. The van der Waals surface area contributed by atoms with Crippen molar-refractivity contribution < 1.29 is 91.7 Å². The van der Waals surface area contributed by atoms with Gasteiger partial charge in [-0.1, -0.05) is 116 Å². The first-order valence-electron chi connectivity index (χ1n) is 45.5. The molecule has 0 bridgehead atoms. The zero-order valence-corrected chi connectivity index (χ0v) is 77.1. The maximum Gasteiger partial charge on any atom is 0.246 e. The summed E-state index contributed by atoms with van der Waals surface area (Å²) in [6.45, 7) is 9.82. The van der Waals surface area contributed by atoms with Crippen molar-refractivity contribution in [3.63, 3.8) is 0 Å². The van der Waals surface area contributed by atoms with Crippen LogP contribution >= 0.6 is 0 Å². The van der Waals surface area contributed by atoms with Crippen molar-refractivity contribution in [2.45, 2.75) is 249 Å². The van der Waals surface area contributed by atoms with E-state index in [0.717, 1.165) is 14.7 Å². The molecule has 14 atom stereocenters. The van der Waals surface area contributed by atoms with E-state index in [4.69, 9.17) is 11.5 Å². The zero-order valence-electron chi connectivity index (χ0n) is 77.1. The topological polar surface area (TPSA) is 591 Å². The number of unbranched alkanes of at least 4 members (excludes halogenated alkanes) is 2. The lowest BCUT2D eigenvalue weighted by atomic mass is 9.99. The molecule has 0 saturated carbocycles. The Kier molecular flexibility index (Phi) is 38.3. The van der Waals surface area contributed by atoms with Gasteiger partial charge in [0.1, 0.15) is 84.3 Å². The zero-order chi connectivity index (χ0) is 97.0. The second-order valence-corrected chi connectivity index (χ2v) is 35.5. The van der Waals surface area contributed by atoms with Crippen LogP contribution in [-0.4, -0.2) is 300 Å². The number of hydrogen-bond donors (Lipinski definition) is 18. The first kappa shape index (κ1) is 103. The smallest absolute Gasteiger partial charge is 0.246 e. The number of nitrogens with one attached hydrogen (secondary N) is 14. The molecular formula is C92H130N22O19. The number of hydrogen-bond acceptors (Lipinski definition) is 21. The number of amides is 17. The number of aromatic amines is 3. The molecule has 0 radical (unpaired) electrons. The molecule has 41 heteroatoms. The number of aliphatic hydroxyl groups excluding tert-OH is 1. The molecule has 722 valence electrons. The highest BCUT2D eigenvalue weighted by molar-refractivity contribution is 6.02. The lowest BCUT2D eigenvalue weighted by molar-refractivity contribution is -0.149. The summed E-state index contributed by atoms with van der Waals surface area (Å²) in [6.07, 6.45) is 4.92. The van der Waals surface area contributed by atoms with Crippen LogP contribution in [0.15, 0.2) is 97.7 Å². The van der Waals surface area contributed by atoms with Gasteiger partial charge in [-0.15, -0.1) is 0 Å². The van der Waals surface area contributed by atoms with Gasteiger partial charge in [0.05, 0.1) is 38.5 Å². The molecule has 3 saturated heterocycles. The number of primary amides is 2. The molecule has 3 aromatic heterocycles. The normalized spacial score (nSPS) is 24.7. The van der Waals surface area contributed by atoms with Crippen LogP contribution in [0, 0.1) is 11.8 Å². The summed E-state index contributed by atoms with van der Waals surface area (Å²) in [5, 5.41) is 53.0. The van der Waals surface area contributed by atoms with Gasteiger partial charge in [-0.3, -0.25) is 81.5 Å². The van der Waals surface area contributed by atoms with Gasteiger partial charge in [0.25, 0.3) is 0 Å². The molecule has 41 nitrogen and oxygen atoms in total. The van der Waals surface area contributed by atoms with Gasteiger partial charge in [-0.2, -0.15) is 0 Å². The van der Waals surface area contributed by atoms with E-state index < -0.39 is 218 Å². The Labute approximate surface area is 771 Å². The number of fused-ring (bicyclic) bond motifs is 4. The molecule has 6 aromatic rings. The van der Waals surface area contributed by atoms with Gasteiger partial charge in [-0.05, 0) is 118 Å². The van der Waals surface area contributed by atoms with Crippen molar-refractivity contribution in [2.24, 2.45) is 23.3 Å². The number of imidazole rings is 1. The second kappa shape index (κ2) is 49.2. The average molecular weight is 1850 g/mol. The Hall–Kier alpha value is -13.3. The largest absolute Gasteiger partial charge is 0.508 e. The summed E-state index contributed by atoms with van der Waals surface area (Å²) in [5.74, 6) is -15.2. The molecule has 9 rings (SSSR count). The number of aromatic hydroxyl groups is 1. The number of aliphatic hydroxyl groups is 1. The molecule has 3 aliphatic rings. The van der Waals surface area contributed by atoms with Gasteiger partial charge < -0.3 is 120 Å². The van der Waals surface area contributed by atoms with Gasteiger partial charge in [0, 0.05) is 112 Å². The highest BCUT2D eigenvalue weighted by Gasteiger charge is 2.46. The number of phenols is 1. The van der Waals surface area contributed by atoms with E-state index in [-0.39, 0.29) is 114 Å². The van der Waals surface area contributed by atoms with Crippen molar-refractivity contribution in [1.29, 1.82) is 0 Å². The van der Waals surface area contributed by atoms with Crippen molar-refractivity contribution in [1.82, 2.24) is 103 Å². The van der Waals surface area contributed by atoms with Gasteiger partial charge >= 0.3 is 0 Å². The number of nitrogens with two attached hydrogens (primary N) is 2. The summed E-state index contributed by atoms with van der Waals surface area (Å²) in [4.78, 5) is 267. The fourth-order valence-electron chi connectivity index (χ4n) is 17.0. The number of nitrogens with zero attached hydrogens (tertiary/aromatic N) is 6. The number of likely N-dealkylation sites (N-methyl/N-ethyl adjacent to an activating group) is 3. The van der Waals surface area contributed by atoms with E-state index in [1.54, 1.807) is 70.4 Å². The maximum atomic E-state index is 15.6. The molecule has 6 heterocycles. The van der Waals surface area contributed by atoms with E-state index in [1.165, 1.54) is 74.7 Å². The molecule has 133 heavy (non-hydrogen) atoms. The Bertz CT molecular complexity index is 5100. The van der Waals surface area contributed by atoms with Crippen LogP contribution in [0.5, 0.6) is 5.75 Å². The van der Waals surface area contributed by atoms with Gasteiger partial charge in [-0.25, -0.2) is 4.98 Å². The summed E-state index contributed by atoms with van der Waals surface area (Å²) in [6, 6.07) is 1.45. The molecule has 17 amide bonds. The monoisotopic (exact) mass is 1850 g/mol. The first-order valence-corrected chi connectivity index (χ1v) is 45.5. The van der Waals surface area contributed by atoms with Crippen molar-refractivity contribution in [3.05, 3.63) is 120 Å². The van der Waals surface area contributed by atoms with Gasteiger partial charge in [0.15, 0.2) is 0 Å². The maximum absolute atomic E-state index is 15.6. The number of H-pyrrole nitrogens is 3. The van der Waals surface area contributed by atoms with E-state index in [2.05, 4.69) is 78.4 Å². The summed E-state index contributed by atoms with van der Waals surface area (Å²) >= 11 is 0. The van der Waals surface area contributed by atoms with E-state index in [0.29, 0.717) is 69.9 Å².